The average Bonchev–Trinajstić information content (AvgIpc) is 3.09. The number of carboxylic acid groups (broad SMARTS) is 1. The maximum Gasteiger partial charge on any atom is 0.304 e. The van der Waals surface area contributed by atoms with Crippen molar-refractivity contribution in [3.8, 4) is 0 Å². The molecule has 0 aliphatic carbocycles. The van der Waals surface area contributed by atoms with Gasteiger partial charge in [0.25, 0.3) is 11.7 Å². The molecule has 1 heterocycles. The number of hydrogen-bond acceptors (Lipinski definition) is 4. The van der Waals surface area contributed by atoms with Crippen molar-refractivity contribution in [2.75, 3.05) is 6.54 Å². The quantitative estimate of drug-likeness (QED) is 0.243. The zero-order valence-corrected chi connectivity index (χ0v) is 19.9. The molecule has 0 unspecified atom stereocenters. The highest BCUT2D eigenvalue weighted by atomic mass is 35.5. The van der Waals surface area contributed by atoms with E-state index in [1.807, 2.05) is 6.07 Å². The third-order valence-electron chi connectivity index (χ3n) is 5.95. The van der Waals surface area contributed by atoms with Crippen LogP contribution in [0, 0.1) is 0 Å². The highest BCUT2D eigenvalue weighted by molar-refractivity contribution is 6.46. The van der Waals surface area contributed by atoms with Crippen molar-refractivity contribution >= 4 is 46.6 Å². The molecule has 0 aromatic heterocycles. The Labute approximate surface area is 212 Å². The lowest BCUT2D eigenvalue weighted by Crippen LogP contribution is -2.34. The van der Waals surface area contributed by atoms with Gasteiger partial charge in [-0.25, -0.2) is 0 Å². The molecular weight excluding hydrogens is 489 g/mol. The first-order valence-electron chi connectivity index (χ1n) is 10.8. The number of carboxylic acids is 1. The zero-order chi connectivity index (χ0) is 25.1. The van der Waals surface area contributed by atoms with Crippen molar-refractivity contribution < 1.29 is 24.6 Å². The van der Waals surface area contributed by atoms with Gasteiger partial charge in [0.05, 0.1) is 18.0 Å². The van der Waals surface area contributed by atoms with Gasteiger partial charge in [-0.2, -0.15) is 0 Å². The molecule has 3 aromatic carbocycles. The number of rotatable bonds is 7. The fraction of sp³-hybridized carbons (Fsp3) is 0.148. The molecule has 0 bridgehead atoms. The molecule has 0 radical (unpaired) electrons. The molecule has 178 valence electrons. The Morgan fingerprint density at radius 1 is 0.857 bits per heavy atom. The lowest BCUT2D eigenvalue weighted by Gasteiger charge is -2.29. The van der Waals surface area contributed by atoms with Gasteiger partial charge in [-0.15, -0.1) is 0 Å². The Bertz CT molecular complexity index is 1290. The minimum atomic E-state index is -1.03. The summed E-state index contributed by atoms with van der Waals surface area (Å²) < 4.78 is 0. The minimum Gasteiger partial charge on any atom is -0.507 e. The van der Waals surface area contributed by atoms with Crippen molar-refractivity contribution in [3.63, 3.8) is 0 Å². The van der Waals surface area contributed by atoms with Gasteiger partial charge in [-0.1, -0.05) is 65.7 Å². The second kappa shape index (κ2) is 10.3. The van der Waals surface area contributed by atoms with E-state index in [9.17, 15) is 24.6 Å². The molecule has 1 aliphatic rings. The third kappa shape index (κ3) is 5.24. The molecule has 2 N–H and O–H groups in total. The van der Waals surface area contributed by atoms with Crippen molar-refractivity contribution in [1.29, 1.82) is 0 Å². The maximum absolute atomic E-state index is 13.2. The number of hydrogen-bond donors (Lipinski definition) is 2. The van der Waals surface area contributed by atoms with Crippen molar-refractivity contribution in [2.24, 2.45) is 0 Å². The van der Waals surface area contributed by atoms with E-state index in [1.54, 1.807) is 72.8 Å². The lowest BCUT2D eigenvalue weighted by molar-refractivity contribution is -0.141. The molecule has 0 saturated carbocycles. The van der Waals surface area contributed by atoms with Crippen LogP contribution in [0.15, 0.2) is 84.4 Å². The van der Waals surface area contributed by atoms with Crippen LogP contribution in [0.4, 0.5) is 0 Å². The Morgan fingerprint density at radius 2 is 1.43 bits per heavy atom. The fourth-order valence-electron chi connectivity index (χ4n) is 4.28. The van der Waals surface area contributed by atoms with E-state index in [-0.39, 0.29) is 24.3 Å². The summed E-state index contributed by atoms with van der Waals surface area (Å²) in [4.78, 5) is 39.4. The van der Waals surface area contributed by atoms with Gasteiger partial charge < -0.3 is 15.1 Å². The molecular formula is C27H21Cl2NO5. The van der Waals surface area contributed by atoms with Crippen LogP contribution in [0.2, 0.25) is 10.0 Å². The molecule has 1 amide bonds. The van der Waals surface area contributed by atoms with Crippen LogP contribution >= 0.6 is 23.2 Å². The van der Waals surface area contributed by atoms with Gasteiger partial charge in [-0.05, 0) is 47.5 Å². The molecule has 4 rings (SSSR count). The highest BCUT2D eigenvalue weighted by Gasteiger charge is 2.46. The number of nitrogens with zero attached hydrogens (tertiary/aromatic N) is 1. The van der Waals surface area contributed by atoms with Gasteiger partial charge in [-0.3, -0.25) is 14.4 Å². The monoisotopic (exact) mass is 509 g/mol. The molecule has 0 spiro atoms. The Morgan fingerprint density at radius 3 is 2.00 bits per heavy atom. The van der Waals surface area contributed by atoms with Crippen LogP contribution in [0.25, 0.3) is 5.76 Å². The number of ketones is 1. The number of halogens is 2. The number of carbonyl (C=O) groups excluding carboxylic acids is 2. The number of Topliss-reactive ketones (excluding diaryl/α,β-unsaturated/α-hetero) is 1. The first kappa shape index (κ1) is 24.5. The summed E-state index contributed by atoms with van der Waals surface area (Å²) >= 11 is 12.0. The summed E-state index contributed by atoms with van der Waals surface area (Å²) in [6.45, 7) is -0.0361. The van der Waals surface area contributed by atoms with E-state index < -0.39 is 29.6 Å². The van der Waals surface area contributed by atoms with Crippen LogP contribution in [0.3, 0.4) is 0 Å². The molecule has 6 nitrogen and oxygen atoms in total. The molecule has 8 heteroatoms. The first-order chi connectivity index (χ1) is 16.8. The number of carbonyl (C=O) groups is 3. The van der Waals surface area contributed by atoms with Gasteiger partial charge in [0.15, 0.2) is 0 Å². The molecule has 1 saturated heterocycles. The van der Waals surface area contributed by atoms with Crippen molar-refractivity contribution in [3.05, 3.63) is 111 Å². The summed E-state index contributed by atoms with van der Waals surface area (Å²) in [6.07, 6.45) is -0.239. The number of amides is 1. The number of aliphatic hydroxyl groups is 1. The Hall–Kier alpha value is -3.61. The lowest BCUT2D eigenvalue weighted by atomic mass is 9.92. The second-order valence-corrected chi connectivity index (χ2v) is 9.09. The number of likely N-dealkylation sites (tertiary alicyclic amines) is 1. The standard InChI is InChI=1S/C27H21Cl2NO5/c28-20-10-6-17(7-11-20)24-23(25(33)18-8-12-21(29)13-9-18)26(34)27(35)30(24)15-19(14-22(31)32)16-4-2-1-3-5-16/h1-13,19,24,33H,14-15H2,(H,31,32)/t19-,24-/m1/s1. The van der Waals surface area contributed by atoms with E-state index in [2.05, 4.69) is 0 Å². The van der Waals surface area contributed by atoms with Gasteiger partial charge in [0, 0.05) is 28.1 Å². The van der Waals surface area contributed by atoms with Crippen LogP contribution in [-0.2, 0) is 14.4 Å². The topological polar surface area (TPSA) is 94.9 Å². The fourth-order valence-corrected chi connectivity index (χ4v) is 4.54. The Balaban J connectivity index is 1.83. The summed E-state index contributed by atoms with van der Waals surface area (Å²) in [7, 11) is 0. The summed E-state index contributed by atoms with van der Waals surface area (Å²) in [5, 5.41) is 21.6. The highest BCUT2D eigenvalue weighted by Crippen LogP contribution is 2.41. The predicted molar refractivity (Wildman–Crippen MR) is 133 cm³/mol. The molecule has 2 atom stereocenters. The molecule has 35 heavy (non-hydrogen) atoms. The second-order valence-electron chi connectivity index (χ2n) is 8.22. The largest absolute Gasteiger partial charge is 0.507 e. The molecule has 1 fully saturated rings. The Kier molecular flexibility index (Phi) is 7.24. The normalized spacial score (nSPS) is 18.0. The first-order valence-corrected chi connectivity index (χ1v) is 11.6. The SMILES string of the molecule is O=C(O)C[C@H](CN1C(=O)C(=O)C(=C(O)c2ccc(Cl)cc2)[C@H]1c1ccc(Cl)cc1)c1ccccc1. The van der Waals surface area contributed by atoms with Gasteiger partial charge >= 0.3 is 5.97 Å². The number of aliphatic hydroxyl groups excluding tert-OH is 1. The molecule has 3 aromatic rings. The summed E-state index contributed by atoms with van der Waals surface area (Å²) in [6, 6.07) is 20.9. The minimum absolute atomic E-state index is 0.0361. The van der Waals surface area contributed by atoms with Crippen molar-refractivity contribution in [1.82, 2.24) is 4.90 Å². The van der Waals surface area contributed by atoms with Crippen LogP contribution in [0.5, 0.6) is 0 Å². The predicted octanol–water partition coefficient (Wildman–Crippen LogP) is 5.67. The van der Waals surface area contributed by atoms with E-state index >= 15 is 0 Å². The van der Waals surface area contributed by atoms with Crippen molar-refractivity contribution in [2.45, 2.75) is 18.4 Å². The maximum atomic E-state index is 13.2. The van der Waals surface area contributed by atoms with E-state index in [1.165, 1.54) is 4.90 Å². The summed E-state index contributed by atoms with van der Waals surface area (Å²) in [5.41, 5.74) is 1.54. The van der Waals surface area contributed by atoms with Gasteiger partial charge in [0.1, 0.15) is 5.76 Å². The van der Waals surface area contributed by atoms with Crippen LogP contribution in [-0.4, -0.2) is 39.3 Å². The van der Waals surface area contributed by atoms with E-state index in [0.29, 0.717) is 21.2 Å². The van der Waals surface area contributed by atoms with Gasteiger partial charge in [0.2, 0.25) is 0 Å². The van der Waals surface area contributed by atoms with Crippen LogP contribution < -0.4 is 0 Å². The average molecular weight is 510 g/mol. The molecule has 1 aliphatic heterocycles. The zero-order valence-electron chi connectivity index (χ0n) is 18.4. The third-order valence-corrected chi connectivity index (χ3v) is 6.46. The number of aliphatic carboxylic acids is 1. The van der Waals surface area contributed by atoms with Crippen LogP contribution in [0.1, 0.15) is 35.1 Å². The smallest absolute Gasteiger partial charge is 0.304 e. The van der Waals surface area contributed by atoms with E-state index in [0.717, 1.165) is 5.56 Å². The van der Waals surface area contributed by atoms with E-state index in [4.69, 9.17) is 23.2 Å². The summed E-state index contributed by atoms with van der Waals surface area (Å²) in [5.74, 6) is -3.60. The number of benzene rings is 3.